The van der Waals surface area contributed by atoms with Gasteiger partial charge in [0.05, 0.1) is 24.3 Å². The summed E-state index contributed by atoms with van der Waals surface area (Å²) in [7, 11) is 0. The summed E-state index contributed by atoms with van der Waals surface area (Å²) in [5.74, 6) is -0.461. The summed E-state index contributed by atoms with van der Waals surface area (Å²) in [6, 6.07) is 6.10. The Kier molecular flexibility index (Phi) is 4.01. The molecule has 0 saturated carbocycles. The average Bonchev–Trinajstić information content (AvgIpc) is 3.34. The topological polar surface area (TPSA) is 68.8 Å². The van der Waals surface area contributed by atoms with Crippen LogP contribution < -0.4 is 0 Å². The summed E-state index contributed by atoms with van der Waals surface area (Å²) in [5.41, 5.74) is 0.943. The molecule has 0 aliphatic carbocycles. The zero-order chi connectivity index (χ0) is 17.2. The van der Waals surface area contributed by atoms with Crippen LogP contribution >= 0.6 is 0 Å². The lowest BCUT2D eigenvalue weighted by Crippen LogP contribution is -2.40. The van der Waals surface area contributed by atoms with Gasteiger partial charge < -0.3 is 9.47 Å². The Bertz CT molecular complexity index is 858. The molecule has 0 N–H and O–H groups in total. The number of hydrogen-bond donors (Lipinski definition) is 0. The van der Waals surface area contributed by atoms with Crippen LogP contribution in [0.3, 0.4) is 0 Å². The van der Waals surface area contributed by atoms with Gasteiger partial charge in [-0.05, 0) is 37.1 Å². The Labute approximate surface area is 143 Å². The third-order valence-corrected chi connectivity index (χ3v) is 4.43. The number of benzene rings is 1. The van der Waals surface area contributed by atoms with Crippen LogP contribution in [-0.4, -0.2) is 48.4 Å². The van der Waals surface area contributed by atoms with Crippen LogP contribution in [0.2, 0.25) is 0 Å². The van der Waals surface area contributed by atoms with Crippen LogP contribution in [0.25, 0.3) is 5.69 Å². The average molecular weight is 340 g/mol. The summed E-state index contributed by atoms with van der Waals surface area (Å²) in [6.45, 7) is 1.33. The highest BCUT2D eigenvalue weighted by Gasteiger charge is 2.27. The summed E-state index contributed by atoms with van der Waals surface area (Å²) in [6.07, 6.45) is 8.97. The lowest BCUT2D eigenvalue weighted by atomic mass is 10.1. The van der Waals surface area contributed by atoms with Crippen molar-refractivity contribution in [3.05, 3.63) is 60.7 Å². The van der Waals surface area contributed by atoms with Crippen molar-refractivity contribution in [2.24, 2.45) is 0 Å². The Morgan fingerprint density at radius 3 is 2.84 bits per heavy atom. The molecule has 4 rings (SSSR count). The molecule has 1 saturated heterocycles. The molecule has 25 heavy (non-hydrogen) atoms. The molecule has 2 aromatic heterocycles. The van der Waals surface area contributed by atoms with Crippen molar-refractivity contribution in [1.82, 2.24) is 29.4 Å². The van der Waals surface area contributed by atoms with Gasteiger partial charge in [0.2, 0.25) is 0 Å². The fraction of sp³-hybridized carbons (Fsp3) is 0.294. The standard InChI is InChI=1S/C17H17FN6O/c18-13-3-5-14(6-4-13)24-11-16(20-21-24)17(25)22-8-1-2-15(10-22)23-9-7-19-12-23/h3-7,9,11-12,15H,1-2,8,10H2. The molecule has 1 aliphatic rings. The van der Waals surface area contributed by atoms with Crippen molar-refractivity contribution in [3.8, 4) is 5.69 Å². The summed E-state index contributed by atoms with van der Waals surface area (Å²) >= 11 is 0. The molecule has 3 heterocycles. The minimum absolute atomic E-state index is 0.141. The number of nitrogens with zero attached hydrogens (tertiary/aromatic N) is 6. The molecular weight excluding hydrogens is 323 g/mol. The van der Waals surface area contributed by atoms with Gasteiger partial charge in [0.25, 0.3) is 5.91 Å². The molecule has 1 amide bonds. The number of carbonyl (C=O) groups excluding carboxylic acids is 1. The highest BCUT2D eigenvalue weighted by atomic mass is 19.1. The van der Waals surface area contributed by atoms with Crippen molar-refractivity contribution >= 4 is 5.91 Å². The molecule has 1 fully saturated rings. The number of imidazole rings is 1. The fourth-order valence-corrected chi connectivity index (χ4v) is 3.11. The van der Waals surface area contributed by atoms with Crippen LogP contribution in [0.4, 0.5) is 4.39 Å². The van der Waals surface area contributed by atoms with E-state index in [0.717, 1.165) is 12.8 Å². The van der Waals surface area contributed by atoms with Gasteiger partial charge in [-0.25, -0.2) is 14.1 Å². The molecule has 0 spiro atoms. The zero-order valence-electron chi connectivity index (χ0n) is 13.5. The summed E-state index contributed by atoms with van der Waals surface area (Å²) in [5, 5.41) is 7.97. The summed E-state index contributed by atoms with van der Waals surface area (Å²) in [4.78, 5) is 18.6. The van der Waals surface area contributed by atoms with Crippen molar-refractivity contribution in [2.75, 3.05) is 13.1 Å². The summed E-state index contributed by atoms with van der Waals surface area (Å²) < 4.78 is 16.5. The van der Waals surface area contributed by atoms with E-state index in [4.69, 9.17) is 0 Å². The number of piperidine rings is 1. The molecule has 0 radical (unpaired) electrons. The third kappa shape index (κ3) is 3.15. The smallest absolute Gasteiger partial charge is 0.276 e. The van der Waals surface area contributed by atoms with E-state index in [1.807, 2.05) is 10.8 Å². The van der Waals surface area contributed by atoms with Crippen LogP contribution in [0, 0.1) is 5.82 Å². The third-order valence-electron chi connectivity index (χ3n) is 4.43. The molecule has 8 heteroatoms. The van der Waals surface area contributed by atoms with Crippen molar-refractivity contribution < 1.29 is 9.18 Å². The van der Waals surface area contributed by atoms with Crippen molar-refractivity contribution in [2.45, 2.75) is 18.9 Å². The van der Waals surface area contributed by atoms with E-state index in [1.54, 1.807) is 35.8 Å². The minimum Gasteiger partial charge on any atom is -0.335 e. The first-order valence-corrected chi connectivity index (χ1v) is 8.16. The Morgan fingerprint density at radius 1 is 1.24 bits per heavy atom. The maximum atomic E-state index is 13.0. The highest BCUT2D eigenvalue weighted by molar-refractivity contribution is 5.92. The predicted octanol–water partition coefficient (Wildman–Crippen LogP) is 2.08. The Balaban J connectivity index is 1.50. The highest BCUT2D eigenvalue weighted by Crippen LogP contribution is 2.22. The van der Waals surface area contributed by atoms with E-state index in [1.165, 1.54) is 16.8 Å². The second-order valence-corrected chi connectivity index (χ2v) is 6.08. The number of aromatic nitrogens is 5. The van der Waals surface area contributed by atoms with Gasteiger partial charge in [-0.2, -0.15) is 0 Å². The molecule has 1 unspecified atom stereocenters. The first-order valence-electron chi connectivity index (χ1n) is 8.16. The second kappa shape index (κ2) is 6.46. The van der Waals surface area contributed by atoms with Gasteiger partial charge in [0.15, 0.2) is 5.69 Å². The molecule has 128 valence electrons. The van der Waals surface area contributed by atoms with E-state index in [0.29, 0.717) is 18.8 Å². The Hall–Kier alpha value is -3.03. The van der Waals surface area contributed by atoms with Gasteiger partial charge in [-0.1, -0.05) is 5.21 Å². The number of amides is 1. The fourth-order valence-electron chi connectivity index (χ4n) is 3.11. The number of likely N-dealkylation sites (tertiary alicyclic amines) is 1. The van der Waals surface area contributed by atoms with Gasteiger partial charge in [0, 0.05) is 25.5 Å². The monoisotopic (exact) mass is 340 g/mol. The van der Waals surface area contributed by atoms with Crippen molar-refractivity contribution in [1.29, 1.82) is 0 Å². The number of halogens is 1. The minimum atomic E-state index is -0.320. The molecule has 1 atom stereocenters. The van der Waals surface area contributed by atoms with E-state index in [-0.39, 0.29) is 23.5 Å². The molecule has 1 aliphatic heterocycles. The molecule has 1 aromatic carbocycles. The number of carbonyl (C=O) groups is 1. The predicted molar refractivity (Wildman–Crippen MR) is 87.7 cm³/mol. The van der Waals surface area contributed by atoms with Crippen LogP contribution in [0.1, 0.15) is 29.4 Å². The second-order valence-electron chi connectivity index (χ2n) is 6.08. The zero-order valence-corrected chi connectivity index (χ0v) is 13.5. The lowest BCUT2D eigenvalue weighted by Gasteiger charge is -2.32. The normalized spacial score (nSPS) is 17.6. The number of rotatable bonds is 3. The van der Waals surface area contributed by atoms with E-state index in [9.17, 15) is 9.18 Å². The maximum absolute atomic E-state index is 13.0. The SMILES string of the molecule is O=C(c1cn(-c2ccc(F)cc2)nn1)N1CCCC(n2ccnc2)C1. The Morgan fingerprint density at radius 2 is 2.08 bits per heavy atom. The first-order chi connectivity index (χ1) is 12.2. The van der Waals surface area contributed by atoms with Crippen LogP contribution in [0.5, 0.6) is 0 Å². The van der Waals surface area contributed by atoms with Crippen LogP contribution in [0.15, 0.2) is 49.2 Å². The van der Waals surface area contributed by atoms with Gasteiger partial charge in [-0.3, -0.25) is 4.79 Å². The number of hydrogen-bond acceptors (Lipinski definition) is 4. The quantitative estimate of drug-likeness (QED) is 0.732. The van der Waals surface area contributed by atoms with Crippen LogP contribution in [-0.2, 0) is 0 Å². The molecule has 3 aromatic rings. The van der Waals surface area contributed by atoms with Crippen molar-refractivity contribution in [3.63, 3.8) is 0 Å². The molecule has 7 nitrogen and oxygen atoms in total. The van der Waals surface area contributed by atoms with E-state index in [2.05, 4.69) is 15.3 Å². The maximum Gasteiger partial charge on any atom is 0.276 e. The van der Waals surface area contributed by atoms with E-state index < -0.39 is 0 Å². The van der Waals surface area contributed by atoms with Gasteiger partial charge in [-0.15, -0.1) is 5.10 Å². The first kappa shape index (κ1) is 15.5. The largest absolute Gasteiger partial charge is 0.335 e. The van der Waals surface area contributed by atoms with Gasteiger partial charge in [0.1, 0.15) is 5.82 Å². The van der Waals surface area contributed by atoms with Gasteiger partial charge >= 0.3 is 0 Å². The van der Waals surface area contributed by atoms with E-state index >= 15 is 0 Å². The molecular formula is C17H17FN6O. The lowest BCUT2D eigenvalue weighted by molar-refractivity contribution is 0.0673. The molecule has 0 bridgehead atoms.